The molecule has 2 aromatic carbocycles. The van der Waals surface area contributed by atoms with Crippen LogP contribution in [0.1, 0.15) is 35.2 Å². The number of para-hydroxylation sites is 1. The first-order valence-electron chi connectivity index (χ1n) is 7.42. The van der Waals surface area contributed by atoms with Gasteiger partial charge in [0.15, 0.2) is 5.78 Å². The molecule has 0 aliphatic rings. The van der Waals surface area contributed by atoms with Gasteiger partial charge in [0.25, 0.3) is 0 Å². The van der Waals surface area contributed by atoms with E-state index in [0.29, 0.717) is 5.56 Å². The molecule has 0 unspecified atom stereocenters. The Bertz CT molecular complexity index is 712. The lowest BCUT2D eigenvalue weighted by Crippen LogP contribution is -2.16. The number of halogens is 3. The molecule has 0 aliphatic carbocycles. The van der Waals surface area contributed by atoms with Crippen molar-refractivity contribution in [3.05, 3.63) is 65.7 Å². The Balaban J connectivity index is 1.88. The molecular formula is C18H16F3NO2. The maximum absolute atomic E-state index is 12.8. The number of hydrogen-bond acceptors (Lipinski definition) is 2. The molecule has 0 radical (unpaired) electrons. The van der Waals surface area contributed by atoms with E-state index in [0.717, 1.165) is 6.07 Å². The van der Waals surface area contributed by atoms with Gasteiger partial charge in [-0.3, -0.25) is 9.59 Å². The molecule has 0 aliphatic heterocycles. The minimum atomic E-state index is -4.53. The zero-order chi connectivity index (χ0) is 17.6. The van der Waals surface area contributed by atoms with Crippen molar-refractivity contribution in [3.8, 4) is 0 Å². The van der Waals surface area contributed by atoms with Crippen LogP contribution in [0.4, 0.5) is 18.9 Å². The number of nitrogens with one attached hydrogen (secondary N) is 1. The first-order chi connectivity index (χ1) is 11.4. The Morgan fingerprint density at radius 2 is 1.50 bits per heavy atom. The van der Waals surface area contributed by atoms with Gasteiger partial charge in [-0.2, -0.15) is 13.2 Å². The van der Waals surface area contributed by atoms with Gasteiger partial charge >= 0.3 is 6.18 Å². The Hall–Kier alpha value is -2.63. The van der Waals surface area contributed by atoms with E-state index in [4.69, 9.17) is 0 Å². The van der Waals surface area contributed by atoms with Crippen molar-refractivity contribution in [2.75, 3.05) is 5.32 Å². The van der Waals surface area contributed by atoms with E-state index in [-0.39, 0.29) is 30.7 Å². The van der Waals surface area contributed by atoms with E-state index in [2.05, 4.69) is 5.32 Å². The summed E-state index contributed by atoms with van der Waals surface area (Å²) in [4.78, 5) is 23.7. The van der Waals surface area contributed by atoms with Gasteiger partial charge in [-0.1, -0.05) is 42.5 Å². The van der Waals surface area contributed by atoms with Crippen molar-refractivity contribution in [1.29, 1.82) is 0 Å². The number of amides is 1. The minimum Gasteiger partial charge on any atom is -0.326 e. The highest BCUT2D eigenvalue weighted by atomic mass is 19.4. The standard InChI is InChI=1S/C18H16F3NO2/c19-18(20,21)14-9-4-5-10-15(14)22-17(24)12-6-11-16(23)13-7-2-1-3-8-13/h1-5,7-10H,6,11-12H2,(H,22,24). The van der Waals surface area contributed by atoms with Crippen molar-refractivity contribution in [2.24, 2.45) is 0 Å². The molecule has 0 atom stereocenters. The third-order valence-corrected chi connectivity index (χ3v) is 3.41. The summed E-state index contributed by atoms with van der Waals surface area (Å²) in [5.74, 6) is -0.647. The maximum atomic E-state index is 12.8. The maximum Gasteiger partial charge on any atom is 0.418 e. The monoisotopic (exact) mass is 335 g/mol. The van der Waals surface area contributed by atoms with Gasteiger partial charge in [-0.05, 0) is 18.6 Å². The summed E-state index contributed by atoms with van der Waals surface area (Å²) in [7, 11) is 0. The number of ketones is 1. The molecule has 0 aromatic heterocycles. The first kappa shape index (κ1) is 17.7. The zero-order valence-electron chi connectivity index (χ0n) is 12.8. The minimum absolute atomic E-state index is 0.0231. The molecule has 2 aromatic rings. The van der Waals surface area contributed by atoms with Crippen LogP contribution >= 0.6 is 0 Å². The fourth-order valence-electron chi connectivity index (χ4n) is 2.23. The predicted octanol–water partition coefficient (Wildman–Crippen LogP) is 4.70. The highest BCUT2D eigenvalue weighted by Gasteiger charge is 2.33. The summed E-state index contributed by atoms with van der Waals surface area (Å²) in [5, 5.41) is 2.26. The second kappa shape index (κ2) is 7.77. The Kier molecular flexibility index (Phi) is 5.73. The lowest BCUT2D eigenvalue weighted by atomic mass is 10.1. The third kappa shape index (κ3) is 4.94. The Morgan fingerprint density at radius 1 is 0.875 bits per heavy atom. The smallest absolute Gasteiger partial charge is 0.326 e. The molecule has 24 heavy (non-hydrogen) atoms. The number of hydrogen-bond donors (Lipinski definition) is 1. The summed E-state index contributed by atoms with van der Waals surface area (Å²) in [6.45, 7) is 0. The van der Waals surface area contributed by atoms with E-state index in [1.807, 2.05) is 0 Å². The largest absolute Gasteiger partial charge is 0.418 e. The summed E-state index contributed by atoms with van der Waals surface area (Å²) in [5.41, 5.74) is -0.608. The zero-order valence-corrected chi connectivity index (χ0v) is 12.8. The van der Waals surface area contributed by atoms with E-state index in [1.54, 1.807) is 30.3 Å². The van der Waals surface area contributed by atoms with E-state index in [1.165, 1.54) is 18.2 Å². The molecule has 0 fully saturated rings. The van der Waals surface area contributed by atoms with Crippen LogP contribution in [0.5, 0.6) is 0 Å². The molecule has 6 heteroatoms. The van der Waals surface area contributed by atoms with Gasteiger partial charge in [0.1, 0.15) is 0 Å². The van der Waals surface area contributed by atoms with Gasteiger partial charge in [0, 0.05) is 18.4 Å². The SMILES string of the molecule is O=C(CCCC(=O)c1ccccc1)Nc1ccccc1C(F)(F)F. The van der Waals surface area contributed by atoms with Gasteiger partial charge in [-0.15, -0.1) is 0 Å². The van der Waals surface area contributed by atoms with Crippen molar-refractivity contribution in [3.63, 3.8) is 0 Å². The number of benzene rings is 2. The molecule has 0 spiro atoms. The number of carbonyl (C=O) groups excluding carboxylic acids is 2. The Morgan fingerprint density at radius 3 is 2.17 bits per heavy atom. The number of Topliss-reactive ketones (excluding diaryl/α,β-unsaturated/α-hetero) is 1. The summed E-state index contributed by atoms with van der Waals surface area (Å²) >= 11 is 0. The van der Waals surface area contributed by atoms with Crippen LogP contribution in [0.25, 0.3) is 0 Å². The van der Waals surface area contributed by atoms with Gasteiger partial charge < -0.3 is 5.32 Å². The lowest BCUT2D eigenvalue weighted by molar-refractivity contribution is -0.137. The topological polar surface area (TPSA) is 46.2 Å². The normalized spacial score (nSPS) is 11.1. The summed E-state index contributed by atoms with van der Waals surface area (Å²) < 4.78 is 38.5. The number of alkyl halides is 3. The first-order valence-corrected chi connectivity index (χ1v) is 7.42. The Labute approximate surface area is 137 Å². The fourth-order valence-corrected chi connectivity index (χ4v) is 2.23. The molecule has 0 heterocycles. The molecule has 3 nitrogen and oxygen atoms in total. The van der Waals surface area contributed by atoms with Crippen LogP contribution in [0.3, 0.4) is 0 Å². The number of carbonyl (C=O) groups is 2. The fraction of sp³-hybridized carbons (Fsp3) is 0.222. The summed E-state index contributed by atoms with van der Waals surface area (Å²) in [6.07, 6.45) is -4.12. The van der Waals surface area contributed by atoms with E-state index < -0.39 is 17.6 Å². The highest BCUT2D eigenvalue weighted by molar-refractivity contribution is 5.96. The second-order valence-corrected chi connectivity index (χ2v) is 5.23. The molecule has 0 bridgehead atoms. The molecule has 0 saturated heterocycles. The van der Waals surface area contributed by atoms with Crippen molar-refractivity contribution in [2.45, 2.75) is 25.4 Å². The molecule has 1 amide bonds. The lowest BCUT2D eigenvalue weighted by Gasteiger charge is -2.13. The van der Waals surface area contributed by atoms with Crippen LogP contribution in [0.2, 0.25) is 0 Å². The van der Waals surface area contributed by atoms with Gasteiger partial charge in [0.2, 0.25) is 5.91 Å². The molecule has 1 N–H and O–H groups in total. The average molecular weight is 335 g/mol. The quantitative estimate of drug-likeness (QED) is 0.778. The molecule has 126 valence electrons. The predicted molar refractivity (Wildman–Crippen MR) is 84.7 cm³/mol. The van der Waals surface area contributed by atoms with Crippen molar-refractivity contribution < 1.29 is 22.8 Å². The second-order valence-electron chi connectivity index (χ2n) is 5.23. The third-order valence-electron chi connectivity index (χ3n) is 3.41. The highest BCUT2D eigenvalue weighted by Crippen LogP contribution is 2.34. The van der Waals surface area contributed by atoms with E-state index in [9.17, 15) is 22.8 Å². The summed E-state index contributed by atoms with van der Waals surface area (Å²) in [6, 6.07) is 13.4. The van der Waals surface area contributed by atoms with Crippen LogP contribution in [0, 0.1) is 0 Å². The van der Waals surface area contributed by atoms with Gasteiger partial charge in [-0.25, -0.2) is 0 Å². The van der Waals surface area contributed by atoms with E-state index >= 15 is 0 Å². The molecule has 2 rings (SSSR count). The van der Waals surface area contributed by atoms with Crippen LogP contribution in [-0.4, -0.2) is 11.7 Å². The van der Waals surface area contributed by atoms with Crippen LogP contribution in [-0.2, 0) is 11.0 Å². The van der Waals surface area contributed by atoms with Crippen LogP contribution < -0.4 is 5.32 Å². The number of anilines is 1. The van der Waals surface area contributed by atoms with Gasteiger partial charge in [0.05, 0.1) is 11.3 Å². The van der Waals surface area contributed by atoms with Crippen molar-refractivity contribution >= 4 is 17.4 Å². The average Bonchev–Trinajstić information content (AvgIpc) is 2.55. The molecule has 0 saturated carbocycles. The molecular weight excluding hydrogens is 319 g/mol. The number of rotatable bonds is 6. The van der Waals surface area contributed by atoms with Crippen LogP contribution in [0.15, 0.2) is 54.6 Å². The van der Waals surface area contributed by atoms with Crippen molar-refractivity contribution in [1.82, 2.24) is 0 Å².